The van der Waals surface area contributed by atoms with Gasteiger partial charge in [0.25, 0.3) is 0 Å². The first-order chi connectivity index (χ1) is 5.13. The van der Waals surface area contributed by atoms with Gasteiger partial charge in [-0.25, -0.2) is 0 Å². The first kappa shape index (κ1) is 15.0. The first-order valence-electron chi connectivity index (χ1n) is 3.31. The number of carbonyl (C=O) groups excluding carboxylic acids is 1. The highest BCUT2D eigenvalue weighted by molar-refractivity contribution is 8.00. The molecule has 1 heterocycles. The highest BCUT2D eigenvalue weighted by atomic mass is 32.1. The fourth-order valence-corrected chi connectivity index (χ4v) is 1.67. The summed E-state index contributed by atoms with van der Waals surface area (Å²) in [5, 5.41) is 10.5. The standard InChI is InChI=1S/C6H9NO2S2.2H3N/c8-5(9)4-2-1-3-7(4)6(10)11;;/h4H,1-3H2,(H,8,9)(H,10,11);2*1H3/t4-;;/m0../s1. The van der Waals surface area contributed by atoms with Gasteiger partial charge in [-0.2, -0.15) is 0 Å². The van der Waals surface area contributed by atoms with E-state index in [-0.39, 0.29) is 16.6 Å². The number of rotatable bonds is 1. The Bertz CT molecular complexity index is 180. The normalized spacial score (nSPS) is 20.0. The second kappa shape index (κ2) is 6.03. The molecule has 0 aliphatic carbocycles. The molecule has 0 saturated carbocycles. The van der Waals surface area contributed by atoms with E-state index in [1.165, 1.54) is 4.90 Å². The molecule has 1 aliphatic rings. The van der Waals surface area contributed by atoms with E-state index in [1.54, 1.807) is 0 Å². The van der Waals surface area contributed by atoms with Crippen molar-refractivity contribution in [3.63, 3.8) is 0 Å². The average molecular weight is 225 g/mol. The van der Waals surface area contributed by atoms with Gasteiger partial charge in [0.2, 0.25) is 0 Å². The van der Waals surface area contributed by atoms with Crippen LogP contribution in [-0.2, 0) is 17.4 Å². The van der Waals surface area contributed by atoms with E-state index in [1.807, 2.05) is 0 Å². The number of carboxylic acids is 1. The Balaban J connectivity index is 0. The molecule has 1 rings (SSSR count). The van der Waals surface area contributed by atoms with Crippen LogP contribution >= 0.6 is 12.2 Å². The molecule has 8 N–H and O–H groups in total. The van der Waals surface area contributed by atoms with Crippen molar-refractivity contribution in [3.05, 3.63) is 0 Å². The molecule has 0 bridgehead atoms. The van der Waals surface area contributed by atoms with Gasteiger partial charge < -0.3 is 51.9 Å². The van der Waals surface area contributed by atoms with Gasteiger partial charge in [0.05, 0.1) is 12.0 Å². The summed E-state index contributed by atoms with van der Waals surface area (Å²) in [6, 6.07) is -0.583. The Morgan fingerprint density at radius 2 is 2.08 bits per heavy atom. The van der Waals surface area contributed by atoms with Crippen molar-refractivity contribution in [2.24, 2.45) is 0 Å². The SMILES string of the molecule is O=C([O-])[C@@H]1CCCN1C(=S)[S-].[NH4+].[NH4+]. The van der Waals surface area contributed by atoms with Gasteiger partial charge in [0, 0.05) is 6.54 Å². The van der Waals surface area contributed by atoms with Crippen LogP contribution in [0.25, 0.3) is 0 Å². The summed E-state index contributed by atoms with van der Waals surface area (Å²) in [5.74, 6) is -1.07. The zero-order valence-electron chi connectivity index (χ0n) is 7.78. The lowest BCUT2D eigenvalue weighted by atomic mass is 10.2. The average Bonchev–Trinajstić information content (AvgIpc) is 2.32. The highest BCUT2D eigenvalue weighted by Gasteiger charge is 2.22. The van der Waals surface area contributed by atoms with Crippen molar-refractivity contribution in [2.45, 2.75) is 18.9 Å². The van der Waals surface area contributed by atoms with Crippen LogP contribution in [0.4, 0.5) is 0 Å². The Hall–Kier alpha value is -0.500. The van der Waals surface area contributed by atoms with E-state index in [4.69, 9.17) is 24.8 Å². The smallest absolute Gasteiger partial charge is 0.0672 e. The molecule has 0 aromatic rings. The third kappa shape index (κ3) is 3.39. The van der Waals surface area contributed by atoms with Crippen molar-refractivity contribution in [3.8, 4) is 0 Å². The van der Waals surface area contributed by atoms with E-state index < -0.39 is 12.0 Å². The fourth-order valence-electron chi connectivity index (χ4n) is 1.23. The van der Waals surface area contributed by atoms with Crippen molar-refractivity contribution in [1.82, 2.24) is 17.2 Å². The topological polar surface area (TPSA) is 116 Å². The van der Waals surface area contributed by atoms with E-state index >= 15 is 0 Å². The maximum atomic E-state index is 10.5. The number of carbonyl (C=O) groups is 1. The van der Waals surface area contributed by atoms with Crippen LogP contribution < -0.4 is 17.4 Å². The van der Waals surface area contributed by atoms with Crippen LogP contribution in [-0.4, -0.2) is 27.8 Å². The molecule has 0 spiro atoms. The lowest BCUT2D eigenvalue weighted by Gasteiger charge is -2.30. The third-order valence-electron chi connectivity index (χ3n) is 1.76. The van der Waals surface area contributed by atoms with Gasteiger partial charge in [-0.1, -0.05) is 4.32 Å². The lowest BCUT2D eigenvalue weighted by Crippen LogP contribution is -2.45. The Morgan fingerprint density at radius 3 is 2.38 bits per heavy atom. The predicted molar refractivity (Wildman–Crippen MR) is 56.7 cm³/mol. The molecular formula is C6H15N3O2S2. The van der Waals surface area contributed by atoms with Crippen LogP contribution in [0.5, 0.6) is 0 Å². The summed E-state index contributed by atoms with van der Waals surface area (Å²) >= 11 is 9.40. The maximum Gasteiger partial charge on any atom is 0.0672 e. The quantitative estimate of drug-likeness (QED) is 0.473. The number of thiocarbonyl (C=S) groups is 1. The largest absolute Gasteiger partial charge is 0.548 e. The molecule has 0 amide bonds. The summed E-state index contributed by atoms with van der Waals surface area (Å²) < 4.78 is 0.233. The second-order valence-electron chi connectivity index (χ2n) is 2.44. The number of quaternary nitrogens is 2. The second-order valence-corrected chi connectivity index (χ2v) is 3.47. The summed E-state index contributed by atoms with van der Waals surface area (Å²) in [5.41, 5.74) is 0. The Labute approximate surface area is 88.1 Å². The molecule has 0 aromatic heterocycles. The van der Waals surface area contributed by atoms with Crippen molar-refractivity contribution >= 4 is 35.1 Å². The van der Waals surface area contributed by atoms with E-state index in [0.29, 0.717) is 13.0 Å². The van der Waals surface area contributed by atoms with E-state index in [2.05, 4.69) is 0 Å². The number of nitrogens with zero attached hydrogens (tertiary/aromatic N) is 1. The molecule has 1 fully saturated rings. The van der Waals surface area contributed by atoms with Crippen LogP contribution in [0.2, 0.25) is 0 Å². The van der Waals surface area contributed by atoms with Crippen molar-refractivity contribution in [2.75, 3.05) is 6.54 Å². The van der Waals surface area contributed by atoms with E-state index in [9.17, 15) is 9.90 Å². The minimum Gasteiger partial charge on any atom is -0.548 e. The minimum absolute atomic E-state index is 0. The zero-order chi connectivity index (χ0) is 8.43. The lowest BCUT2D eigenvalue weighted by molar-refractivity contribution is -0.309. The molecule has 13 heavy (non-hydrogen) atoms. The third-order valence-corrected chi connectivity index (χ3v) is 2.23. The number of hydrogen-bond donors (Lipinski definition) is 2. The van der Waals surface area contributed by atoms with Crippen LogP contribution in [0.3, 0.4) is 0 Å². The maximum absolute atomic E-state index is 10.5. The summed E-state index contributed by atoms with van der Waals surface area (Å²) in [6.45, 7) is 0.654. The molecule has 7 heteroatoms. The zero-order valence-corrected chi connectivity index (χ0v) is 9.41. The summed E-state index contributed by atoms with van der Waals surface area (Å²) in [4.78, 5) is 12.0. The van der Waals surface area contributed by atoms with Crippen molar-refractivity contribution in [1.29, 1.82) is 0 Å². The molecule has 78 valence electrons. The molecule has 1 saturated heterocycles. The Kier molecular flexibility index (Phi) is 6.96. The Morgan fingerprint density at radius 1 is 1.54 bits per heavy atom. The summed E-state index contributed by atoms with van der Waals surface area (Å²) in [7, 11) is 0. The van der Waals surface area contributed by atoms with Gasteiger partial charge >= 0.3 is 0 Å². The fraction of sp³-hybridized carbons (Fsp3) is 0.667. The molecule has 1 atom stereocenters. The van der Waals surface area contributed by atoms with Gasteiger partial charge in [0.1, 0.15) is 0 Å². The van der Waals surface area contributed by atoms with Crippen LogP contribution in [0.1, 0.15) is 12.8 Å². The highest BCUT2D eigenvalue weighted by Crippen LogP contribution is 2.16. The summed E-state index contributed by atoms with van der Waals surface area (Å²) in [6.07, 6.45) is 1.43. The van der Waals surface area contributed by atoms with Crippen LogP contribution in [0, 0.1) is 0 Å². The number of likely N-dealkylation sites (tertiary alicyclic amines) is 1. The number of hydrogen-bond acceptors (Lipinski definition) is 4. The minimum atomic E-state index is -1.07. The molecule has 0 aromatic carbocycles. The van der Waals surface area contributed by atoms with Gasteiger partial charge in [-0.15, -0.1) is 0 Å². The first-order valence-corrected chi connectivity index (χ1v) is 4.13. The number of aliphatic carboxylic acids is 1. The van der Waals surface area contributed by atoms with Crippen LogP contribution in [0.15, 0.2) is 0 Å². The van der Waals surface area contributed by atoms with Crippen molar-refractivity contribution < 1.29 is 9.90 Å². The molecule has 0 radical (unpaired) electrons. The van der Waals surface area contributed by atoms with Gasteiger partial charge in [-0.05, 0) is 12.8 Å². The molecule has 5 nitrogen and oxygen atoms in total. The molecule has 1 aliphatic heterocycles. The van der Waals surface area contributed by atoms with E-state index in [0.717, 1.165) is 6.42 Å². The van der Waals surface area contributed by atoms with Gasteiger partial charge in [-0.3, -0.25) is 0 Å². The predicted octanol–water partition coefficient (Wildman–Crippen LogP) is -0.215. The molecule has 0 unspecified atom stereocenters. The van der Waals surface area contributed by atoms with Gasteiger partial charge in [0.15, 0.2) is 0 Å². The molecular weight excluding hydrogens is 210 g/mol. The number of carboxylic acid groups (broad SMARTS) is 1. The monoisotopic (exact) mass is 225 g/mol.